The van der Waals surface area contributed by atoms with Crippen molar-refractivity contribution in [2.75, 3.05) is 0 Å². The van der Waals surface area contributed by atoms with E-state index in [1.165, 1.54) is 17.2 Å². The Kier molecular flexibility index (Phi) is 3.25. The summed E-state index contributed by atoms with van der Waals surface area (Å²) < 4.78 is 7.54. The number of hydrogen-bond acceptors (Lipinski definition) is 2. The van der Waals surface area contributed by atoms with E-state index in [-0.39, 0.29) is 0 Å². The van der Waals surface area contributed by atoms with E-state index in [1.54, 1.807) is 6.20 Å². The van der Waals surface area contributed by atoms with Crippen molar-refractivity contribution in [3.63, 3.8) is 0 Å². The van der Waals surface area contributed by atoms with Gasteiger partial charge in [-0.1, -0.05) is 50.2 Å². The number of rotatable bonds is 1. The molecule has 0 N–H and O–H groups in total. The number of hydrogen-bond donors (Lipinski definition) is 0. The predicted molar refractivity (Wildman–Crippen MR) is 82.2 cm³/mol. The highest BCUT2D eigenvalue weighted by Gasteiger charge is 2.12. The number of benzene rings is 2. The standard InChI is InChI=1S/C15H10N2O.C2H6/c1-3-7-13-11(5-1)12-6-2-4-8-14(12)17(13)15-9-16-10-18-15;1-2/h1-10H;1-2H3. The molecule has 0 amide bonds. The SMILES string of the molecule is CC.c1ccc2c(c1)c1ccccc1n2-c1cnco1. The molecule has 0 radical (unpaired) electrons. The van der Waals surface area contributed by atoms with Crippen LogP contribution in [-0.4, -0.2) is 9.55 Å². The summed E-state index contributed by atoms with van der Waals surface area (Å²) in [5.74, 6) is 0.743. The molecule has 0 saturated carbocycles. The molecule has 0 aliphatic heterocycles. The Morgan fingerprint density at radius 2 is 1.40 bits per heavy atom. The van der Waals surface area contributed by atoms with Gasteiger partial charge in [-0.3, -0.25) is 4.57 Å². The number of nitrogens with zero attached hydrogens (tertiary/aromatic N) is 2. The maximum absolute atomic E-state index is 5.45. The van der Waals surface area contributed by atoms with E-state index in [2.05, 4.69) is 45.9 Å². The molecule has 4 rings (SSSR count). The quantitative estimate of drug-likeness (QED) is 0.494. The minimum atomic E-state index is 0.743. The molecule has 0 spiro atoms. The number of aromatic nitrogens is 2. The molecule has 2 heterocycles. The first-order valence-corrected chi connectivity index (χ1v) is 6.82. The molecule has 2 aromatic heterocycles. The van der Waals surface area contributed by atoms with E-state index in [9.17, 15) is 0 Å². The fraction of sp³-hybridized carbons (Fsp3) is 0.118. The van der Waals surface area contributed by atoms with Gasteiger partial charge in [0.25, 0.3) is 0 Å². The Morgan fingerprint density at radius 1 is 0.850 bits per heavy atom. The van der Waals surface area contributed by atoms with Gasteiger partial charge in [-0.2, -0.15) is 0 Å². The summed E-state index contributed by atoms with van der Waals surface area (Å²) in [6, 6.07) is 16.6. The van der Waals surface area contributed by atoms with E-state index < -0.39 is 0 Å². The van der Waals surface area contributed by atoms with E-state index in [1.807, 2.05) is 26.0 Å². The first kappa shape index (κ1) is 12.5. The summed E-state index contributed by atoms with van der Waals surface area (Å²) in [5.41, 5.74) is 2.27. The largest absolute Gasteiger partial charge is 0.427 e. The van der Waals surface area contributed by atoms with Crippen LogP contribution in [0, 0.1) is 0 Å². The molecule has 0 aliphatic rings. The van der Waals surface area contributed by atoms with E-state index in [0.29, 0.717) is 0 Å². The summed E-state index contributed by atoms with van der Waals surface area (Å²) in [4.78, 5) is 4.00. The van der Waals surface area contributed by atoms with Crippen LogP contribution in [0.25, 0.3) is 27.7 Å². The Balaban J connectivity index is 0.000000581. The van der Waals surface area contributed by atoms with Crippen molar-refractivity contribution in [1.29, 1.82) is 0 Å². The fourth-order valence-corrected chi connectivity index (χ4v) is 2.48. The van der Waals surface area contributed by atoms with Gasteiger partial charge in [0.15, 0.2) is 6.39 Å². The lowest BCUT2D eigenvalue weighted by molar-refractivity contribution is 0.539. The van der Waals surface area contributed by atoms with E-state index >= 15 is 0 Å². The average molecular weight is 264 g/mol. The molecule has 2 aromatic carbocycles. The van der Waals surface area contributed by atoms with Crippen molar-refractivity contribution < 1.29 is 4.42 Å². The number of oxazole rings is 1. The molecule has 0 unspecified atom stereocenters. The van der Waals surface area contributed by atoms with Gasteiger partial charge in [-0.15, -0.1) is 0 Å². The van der Waals surface area contributed by atoms with Gasteiger partial charge < -0.3 is 4.42 Å². The molecule has 100 valence electrons. The van der Waals surface area contributed by atoms with Crippen LogP contribution in [0.4, 0.5) is 0 Å². The van der Waals surface area contributed by atoms with Crippen molar-refractivity contribution in [3.8, 4) is 5.88 Å². The molecule has 0 fully saturated rings. The van der Waals surface area contributed by atoms with Crippen LogP contribution < -0.4 is 0 Å². The maximum Gasteiger partial charge on any atom is 0.225 e. The van der Waals surface area contributed by atoms with Gasteiger partial charge in [0.05, 0.1) is 17.2 Å². The Bertz CT molecular complexity index is 775. The monoisotopic (exact) mass is 264 g/mol. The average Bonchev–Trinajstić information content (AvgIpc) is 3.14. The Labute approximate surface area is 117 Å². The second kappa shape index (κ2) is 5.21. The highest BCUT2D eigenvalue weighted by atomic mass is 16.4. The zero-order valence-electron chi connectivity index (χ0n) is 11.6. The summed E-state index contributed by atoms with van der Waals surface area (Å²) in [5, 5.41) is 2.45. The minimum absolute atomic E-state index is 0.743. The van der Waals surface area contributed by atoms with Gasteiger partial charge >= 0.3 is 0 Å². The Hall–Kier alpha value is -2.55. The number of para-hydroxylation sites is 2. The second-order valence-corrected chi connectivity index (χ2v) is 4.21. The topological polar surface area (TPSA) is 31.0 Å². The molecule has 0 aliphatic carbocycles. The third-order valence-electron chi connectivity index (χ3n) is 3.22. The zero-order valence-corrected chi connectivity index (χ0v) is 11.6. The van der Waals surface area contributed by atoms with Crippen LogP contribution in [0.2, 0.25) is 0 Å². The van der Waals surface area contributed by atoms with Crippen LogP contribution in [0.1, 0.15) is 13.8 Å². The summed E-state index contributed by atoms with van der Waals surface area (Å²) in [6.07, 6.45) is 3.19. The molecule has 0 atom stereocenters. The van der Waals surface area contributed by atoms with Gasteiger partial charge in [0.2, 0.25) is 5.88 Å². The van der Waals surface area contributed by atoms with Gasteiger partial charge in [0, 0.05) is 10.8 Å². The van der Waals surface area contributed by atoms with Crippen molar-refractivity contribution in [2.45, 2.75) is 13.8 Å². The van der Waals surface area contributed by atoms with Gasteiger partial charge in [-0.05, 0) is 12.1 Å². The van der Waals surface area contributed by atoms with Crippen LogP contribution in [0.3, 0.4) is 0 Å². The van der Waals surface area contributed by atoms with Crippen molar-refractivity contribution in [1.82, 2.24) is 9.55 Å². The lowest BCUT2D eigenvalue weighted by atomic mass is 10.2. The predicted octanol–water partition coefficient (Wildman–Crippen LogP) is 4.80. The summed E-state index contributed by atoms with van der Waals surface area (Å²) >= 11 is 0. The van der Waals surface area contributed by atoms with Gasteiger partial charge in [0.1, 0.15) is 0 Å². The van der Waals surface area contributed by atoms with Gasteiger partial charge in [-0.25, -0.2) is 4.98 Å². The molecule has 3 nitrogen and oxygen atoms in total. The van der Waals surface area contributed by atoms with Crippen LogP contribution in [-0.2, 0) is 0 Å². The molecule has 20 heavy (non-hydrogen) atoms. The van der Waals surface area contributed by atoms with Crippen molar-refractivity contribution in [2.24, 2.45) is 0 Å². The molecule has 3 heteroatoms. The van der Waals surface area contributed by atoms with Crippen molar-refractivity contribution >= 4 is 21.8 Å². The van der Waals surface area contributed by atoms with Crippen LogP contribution >= 0.6 is 0 Å². The first-order valence-electron chi connectivity index (χ1n) is 6.82. The maximum atomic E-state index is 5.45. The molecule has 0 bridgehead atoms. The Morgan fingerprint density at radius 3 is 1.90 bits per heavy atom. The lowest BCUT2D eigenvalue weighted by Gasteiger charge is -2.01. The summed E-state index contributed by atoms with van der Waals surface area (Å²) in [7, 11) is 0. The second-order valence-electron chi connectivity index (χ2n) is 4.21. The summed E-state index contributed by atoms with van der Waals surface area (Å²) in [6.45, 7) is 4.00. The van der Waals surface area contributed by atoms with E-state index in [0.717, 1.165) is 16.9 Å². The molecular weight excluding hydrogens is 248 g/mol. The normalized spacial score (nSPS) is 10.5. The molecule has 4 aromatic rings. The minimum Gasteiger partial charge on any atom is -0.427 e. The van der Waals surface area contributed by atoms with Crippen molar-refractivity contribution in [3.05, 3.63) is 61.1 Å². The third-order valence-corrected chi connectivity index (χ3v) is 3.22. The zero-order chi connectivity index (χ0) is 13.9. The molecular formula is C17H16N2O. The smallest absolute Gasteiger partial charge is 0.225 e. The van der Waals surface area contributed by atoms with Crippen LogP contribution in [0.5, 0.6) is 0 Å². The number of fused-ring (bicyclic) bond motifs is 3. The fourth-order valence-electron chi connectivity index (χ4n) is 2.48. The van der Waals surface area contributed by atoms with E-state index in [4.69, 9.17) is 4.42 Å². The molecule has 0 saturated heterocycles. The third kappa shape index (κ3) is 1.79. The lowest BCUT2D eigenvalue weighted by Crippen LogP contribution is -1.90. The highest BCUT2D eigenvalue weighted by molar-refractivity contribution is 6.08. The van der Waals surface area contributed by atoms with Crippen LogP contribution in [0.15, 0.2) is 65.5 Å². The first-order chi connectivity index (χ1) is 9.95. The highest BCUT2D eigenvalue weighted by Crippen LogP contribution is 2.31.